The van der Waals surface area contributed by atoms with Crippen molar-refractivity contribution in [2.45, 2.75) is 71.5 Å². The highest BCUT2D eigenvalue weighted by molar-refractivity contribution is 6.55. The predicted octanol–water partition coefficient (Wildman–Crippen LogP) is 5.15. The minimum Gasteiger partial charge on any atom is -0.400 e. The summed E-state index contributed by atoms with van der Waals surface area (Å²) < 4.78 is 12.6. The Kier molecular flexibility index (Phi) is 4.01. The fourth-order valence-corrected chi connectivity index (χ4v) is 3.73. The SMILES string of the molecule is CC1(C)CC(c2ccccc2)CC=C1B1OC(C)(C)C(C)(C)O1. The van der Waals surface area contributed by atoms with E-state index in [9.17, 15) is 0 Å². The molecule has 1 saturated heterocycles. The van der Waals surface area contributed by atoms with Gasteiger partial charge >= 0.3 is 7.12 Å². The average Bonchev–Trinajstić information content (AvgIpc) is 2.67. The topological polar surface area (TPSA) is 18.5 Å². The zero-order valence-corrected chi connectivity index (χ0v) is 15.3. The van der Waals surface area contributed by atoms with E-state index in [1.807, 2.05) is 0 Å². The van der Waals surface area contributed by atoms with Gasteiger partial charge in [-0.1, -0.05) is 50.3 Å². The average molecular weight is 312 g/mol. The number of benzene rings is 1. The molecule has 0 spiro atoms. The van der Waals surface area contributed by atoms with Gasteiger partial charge < -0.3 is 9.31 Å². The fraction of sp³-hybridized carbons (Fsp3) is 0.600. The Morgan fingerprint density at radius 1 is 0.913 bits per heavy atom. The third kappa shape index (κ3) is 3.01. The summed E-state index contributed by atoms with van der Waals surface area (Å²) in [5, 5.41) is 0. The maximum absolute atomic E-state index is 6.29. The number of hydrogen-bond acceptors (Lipinski definition) is 2. The second-order valence-electron chi connectivity index (χ2n) is 8.68. The van der Waals surface area contributed by atoms with Crippen LogP contribution in [0, 0.1) is 5.41 Å². The molecule has 124 valence electrons. The summed E-state index contributed by atoms with van der Waals surface area (Å²) in [5.41, 5.74) is 2.28. The fourth-order valence-electron chi connectivity index (χ4n) is 3.73. The Bertz CT molecular complexity index is 585. The van der Waals surface area contributed by atoms with E-state index in [0.29, 0.717) is 5.92 Å². The van der Waals surface area contributed by atoms with Gasteiger partial charge in [-0.3, -0.25) is 0 Å². The molecule has 1 heterocycles. The van der Waals surface area contributed by atoms with Crippen molar-refractivity contribution in [2.75, 3.05) is 0 Å². The molecule has 0 radical (unpaired) electrons. The molecule has 1 aromatic carbocycles. The van der Waals surface area contributed by atoms with Crippen LogP contribution in [-0.2, 0) is 9.31 Å². The lowest BCUT2D eigenvalue weighted by Crippen LogP contribution is -2.41. The Hall–Kier alpha value is -1.06. The molecule has 23 heavy (non-hydrogen) atoms. The standard InChI is InChI=1S/C20H29BO2/c1-18(2)14-16(15-10-8-7-9-11-15)12-13-17(18)21-22-19(3,4)20(5,6)23-21/h7-11,13,16H,12,14H2,1-6H3. The van der Waals surface area contributed by atoms with Gasteiger partial charge in [0.2, 0.25) is 0 Å². The van der Waals surface area contributed by atoms with E-state index in [4.69, 9.17) is 9.31 Å². The van der Waals surface area contributed by atoms with Crippen LogP contribution in [0.3, 0.4) is 0 Å². The van der Waals surface area contributed by atoms with Gasteiger partial charge in [0.1, 0.15) is 0 Å². The Morgan fingerprint density at radius 3 is 2.00 bits per heavy atom. The molecule has 0 amide bonds. The van der Waals surface area contributed by atoms with Gasteiger partial charge in [-0.05, 0) is 62.9 Å². The lowest BCUT2D eigenvalue weighted by molar-refractivity contribution is 0.00578. The molecule has 0 bridgehead atoms. The number of hydrogen-bond donors (Lipinski definition) is 0. The van der Waals surface area contributed by atoms with Gasteiger partial charge in [0.15, 0.2) is 0 Å². The second kappa shape index (κ2) is 5.49. The van der Waals surface area contributed by atoms with Crippen LogP contribution in [0.2, 0.25) is 0 Å². The summed E-state index contributed by atoms with van der Waals surface area (Å²) in [5.74, 6) is 0.581. The number of rotatable bonds is 2. The molecule has 1 fully saturated rings. The van der Waals surface area contributed by atoms with E-state index in [0.717, 1.165) is 12.8 Å². The van der Waals surface area contributed by atoms with E-state index < -0.39 is 0 Å². The van der Waals surface area contributed by atoms with Crippen molar-refractivity contribution in [3.63, 3.8) is 0 Å². The molecule has 2 aliphatic rings. The van der Waals surface area contributed by atoms with Gasteiger partial charge in [0, 0.05) is 0 Å². The summed E-state index contributed by atoms with van der Waals surface area (Å²) >= 11 is 0. The first-order valence-corrected chi connectivity index (χ1v) is 8.73. The van der Waals surface area contributed by atoms with Crippen LogP contribution < -0.4 is 0 Å². The van der Waals surface area contributed by atoms with Crippen molar-refractivity contribution in [3.8, 4) is 0 Å². The normalized spacial score (nSPS) is 28.5. The van der Waals surface area contributed by atoms with Crippen LogP contribution in [0.25, 0.3) is 0 Å². The van der Waals surface area contributed by atoms with Gasteiger partial charge in [-0.25, -0.2) is 0 Å². The van der Waals surface area contributed by atoms with Crippen LogP contribution in [0.4, 0.5) is 0 Å². The molecule has 0 saturated carbocycles. The van der Waals surface area contributed by atoms with Crippen LogP contribution in [0.15, 0.2) is 41.9 Å². The molecular weight excluding hydrogens is 283 g/mol. The summed E-state index contributed by atoms with van der Waals surface area (Å²) in [4.78, 5) is 0. The van der Waals surface area contributed by atoms with Crippen LogP contribution >= 0.6 is 0 Å². The molecule has 1 unspecified atom stereocenters. The highest BCUT2D eigenvalue weighted by atomic mass is 16.7. The van der Waals surface area contributed by atoms with Crippen molar-refractivity contribution < 1.29 is 9.31 Å². The largest absolute Gasteiger partial charge is 0.490 e. The van der Waals surface area contributed by atoms with E-state index in [1.165, 1.54) is 11.0 Å². The van der Waals surface area contributed by atoms with Gasteiger partial charge in [-0.2, -0.15) is 0 Å². The molecule has 1 aliphatic heterocycles. The summed E-state index contributed by atoms with van der Waals surface area (Å²) in [7, 11) is -0.216. The van der Waals surface area contributed by atoms with Crippen molar-refractivity contribution in [1.29, 1.82) is 0 Å². The van der Waals surface area contributed by atoms with Crippen molar-refractivity contribution in [3.05, 3.63) is 47.4 Å². The van der Waals surface area contributed by atoms with Crippen LogP contribution in [0.5, 0.6) is 0 Å². The van der Waals surface area contributed by atoms with E-state index in [-0.39, 0.29) is 23.7 Å². The lowest BCUT2D eigenvalue weighted by Gasteiger charge is -2.37. The maximum Gasteiger partial charge on any atom is 0.490 e. The third-order valence-corrected chi connectivity index (χ3v) is 5.94. The van der Waals surface area contributed by atoms with E-state index in [1.54, 1.807) is 0 Å². The van der Waals surface area contributed by atoms with Gasteiger partial charge in [0.25, 0.3) is 0 Å². The molecular formula is C20H29BO2. The Morgan fingerprint density at radius 2 is 1.48 bits per heavy atom. The molecule has 1 aliphatic carbocycles. The summed E-state index contributed by atoms with van der Waals surface area (Å²) in [6.45, 7) is 13.1. The van der Waals surface area contributed by atoms with Gasteiger partial charge in [0.05, 0.1) is 11.2 Å². The zero-order chi connectivity index (χ0) is 16.9. The zero-order valence-electron chi connectivity index (χ0n) is 15.3. The second-order valence-corrected chi connectivity index (χ2v) is 8.68. The van der Waals surface area contributed by atoms with Crippen molar-refractivity contribution >= 4 is 7.12 Å². The predicted molar refractivity (Wildman–Crippen MR) is 96.4 cm³/mol. The Balaban J connectivity index is 1.83. The summed E-state index contributed by atoms with van der Waals surface area (Å²) in [6.07, 6.45) is 4.56. The molecule has 3 heteroatoms. The molecule has 0 aromatic heterocycles. The van der Waals surface area contributed by atoms with Crippen molar-refractivity contribution in [1.82, 2.24) is 0 Å². The minimum atomic E-state index is -0.273. The quantitative estimate of drug-likeness (QED) is 0.703. The maximum atomic E-state index is 6.29. The highest BCUT2D eigenvalue weighted by Crippen LogP contribution is 2.48. The van der Waals surface area contributed by atoms with E-state index >= 15 is 0 Å². The van der Waals surface area contributed by atoms with Crippen molar-refractivity contribution in [2.24, 2.45) is 5.41 Å². The first-order valence-electron chi connectivity index (χ1n) is 8.73. The lowest BCUT2D eigenvalue weighted by atomic mass is 9.57. The Labute approximate surface area is 141 Å². The van der Waals surface area contributed by atoms with E-state index in [2.05, 4.69) is 78.0 Å². The van der Waals surface area contributed by atoms with Crippen LogP contribution in [-0.4, -0.2) is 18.3 Å². The van der Waals surface area contributed by atoms with Crippen LogP contribution in [0.1, 0.15) is 65.9 Å². The third-order valence-electron chi connectivity index (χ3n) is 5.94. The summed E-state index contributed by atoms with van der Waals surface area (Å²) in [6, 6.07) is 10.8. The number of allylic oxidation sites excluding steroid dienone is 2. The monoisotopic (exact) mass is 312 g/mol. The minimum absolute atomic E-state index is 0.0833. The highest BCUT2D eigenvalue weighted by Gasteiger charge is 2.54. The smallest absolute Gasteiger partial charge is 0.400 e. The first-order chi connectivity index (χ1) is 10.6. The first kappa shape index (κ1) is 16.8. The molecule has 1 aromatic rings. The molecule has 0 N–H and O–H groups in total. The van der Waals surface area contributed by atoms with Gasteiger partial charge in [-0.15, -0.1) is 0 Å². The molecule has 1 atom stereocenters. The molecule has 2 nitrogen and oxygen atoms in total. The molecule has 3 rings (SSSR count).